The highest BCUT2D eigenvalue weighted by molar-refractivity contribution is 5.20. The number of likely N-dealkylation sites (N-methyl/N-ethyl adjacent to an activating group) is 1. The maximum atomic E-state index is 5.94. The Kier molecular flexibility index (Phi) is 4.99. The molecule has 0 amide bonds. The minimum atomic E-state index is 0.585. The second kappa shape index (κ2) is 6.95. The molecule has 1 N–H and O–H groups in total. The average molecular weight is 292 g/mol. The second-order valence-electron chi connectivity index (χ2n) is 6.59. The van der Waals surface area contributed by atoms with Crippen LogP contribution in [0.1, 0.15) is 49.2 Å². The van der Waals surface area contributed by atoms with E-state index in [-0.39, 0.29) is 0 Å². The molecule has 1 atom stereocenters. The molecule has 4 nitrogen and oxygen atoms in total. The lowest BCUT2D eigenvalue weighted by Gasteiger charge is -2.32. The number of hydrogen-bond acceptors (Lipinski definition) is 4. The molecule has 2 aliphatic rings. The van der Waals surface area contributed by atoms with Crippen LogP contribution in [0.25, 0.3) is 0 Å². The molecule has 0 radical (unpaired) electrons. The van der Waals surface area contributed by atoms with Crippen LogP contribution in [0.15, 0.2) is 10.5 Å². The lowest BCUT2D eigenvalue weighted by molar-refractivity contribution is 0.0440. The molecule has 1 aromatic heterocycles. The van der Waals surface area contributed by atoms with E-state index in [1.54, 1.807) is 0 Å². The molecular formula is C17H28N2O2. The molecule has 1 saturated heterocycles. The first-order valence-electron chi connectivity index (χ1n) is 8.32. The standard InChI is InChI=1S/C17H28N2O2/c1-13-14(9-17(21-13)10-18-15-6-7-15)11-20-12-16-5-3-4-8-19(16)2/h9,15-16,18H,3-8,10-12H2,1-2H3. The molecule has 0 spiro atoms. The van der Waals surface area contributed by atoms with E-state index in [0.29, 0.717) is 12.6 Å². The summed E-state index contributed by atoms with van der Waals surface area (Å²) in [7, 11) is 2.21. The molecule has 1 saturated carbocycles. The van der Waals surface area contributed by atoms with Gasteiger partial charge in [-0.05, 0) is 52.3 Å². The summed E-state index contributed by atoms with van der Waals surface area (Å²) in [5.41, 5.74) is 1.20. The maximum absolute atomic E-state index is 5.94. The predicted octanol–water partition coefficient (Wildman–Crippen LogP) is 2.84. The van der Waals surface area contributed by atoms with E-state index in [0.717, 1.165) is 30.7 Å². The summed E-state index contributed by atoms with van der Waals surface area (Å²) in [4.78, 5) is 2.43. The first kappa shape index (κ1) is 15.1. The van der Waals surface area contributed by atoms with Crippen LogP contribution in [0.3, 0.4) is 0 Å². The maximum Gasteiger partial charge on any atom is 0.118 e. The van der Waals surface area contributed by atoms with Crippen molar-refractivity contribution in [2.75, 3.05) is 20.2 Å². The van der Waals surface area contributed by atoms with Gasteiger partial charge in [-0.3, -0.25) is 0 Å². The number of piperidine rings is 1. The normalized spacial score (nSPS) is 23.6. The van der Waals surface area contributed by atoms with E-state index in [9.17, 15) is 0 Å². The van der Waals surface area contributed by atoms with E-state index < -0.39 is 0 Å². The van der Waals surface area contributed by atoms with Crippen molar-refractivity contribution in [3.8, 4) is 0 Å². The molecule has 1 unspecified atom stereocenters. The van der Waals surface area contributed by atoms with Crippen molar-refractivity contribution in [3.05, 3.63) is 23.2 Å². The Morgan fingerprint density at radius 1 is 1.33 bits per heavy atom. The number of rotatable bonds is 7. The Bertz CT molecular complexity index is 454. The number of nitrogens with one attached hydrogen (secondary N) is 1. The summed E-state index contributed by atoms with van der Waals surface area (Å²) in [6, 6.07) is 3.45. The van der Waals surface area contributed by atoms with Gasteiger partial charge in [0, 0.05) is 17.6 Å². The van der Waals surface area contributed by atoms with Crippen LogP contribution in [0.5, 0.6) is 0 Å². The number of hydrogen-bond donors (Lipinski definition) is 1. The molecule has 2 heterocycles. The summed E-state index contributed by atoms with van der Waals surface area (Å²) in [5, 5.41) is 3.49. The zero-order valence-electron chi connectivity index (χ0n) is 13.4. The third kappa shape index (κ3) is 4.31. The van der Waals surface area contributed by atoms with Crippen LogP contribution < -0.4 is 5.32 Å². The number of aryl methyl sites for hydroxylation is 1. The van der Waals surface area contributed by atoms with Crippen molar-refractivity contribution in [1.29, 1.82) is 0 Å². The Morgan fingerprint density at radius 3 is 2.95 bits per heavy atom. The van der Waals surface area contributed by atoms with Crippen molar-refractivity contribution >= 4 is 0 Å². The molecular weight excluding hydrogens is 264 g/mol. The quantitative estimate of drug-likeness (QED) is 0.838. The zero-order chi connectivity index (χ0) is 14.7. The van der Waals surface area contributed by atoms with E-state index in [1.165, 1.54) is 44.2 Å². The Balaban J connectivity index is 1.43. The van der Waals surface area contributed by atoms with Gasteiger partial charge in [-0.2, -0.15) is 0 Å². The lowest BCUT2D eigenvalue weighted by atomic mass is 10.0. The summed E-state index contributed by atoms with van der Waals surface area (Å²) >= 11 is 0. The molecule has 1 aliphatic heterocycles. The van der Waals surface area contributed by atoms with Gasteiger partial charge in [-0.15, -0.1) is 0 Å². The molecule has 3 rings (SSSR count). The summed E-state index contributed by atoms with van der Waals surface area (Å²) in [6.45, 7) is 5.58. The first-order valence-corrected chi connectivity index (χ1v) is 8.32. The van der Waals surface area contributed by atoms with Crippen molar-refractivity contribution < 1.29 is 9.15 Å². The topological polar surface area (TPSA) is 37.6 Å². The molecule has 21 heavy (non-hydrogen) atoms. The third-order valence-electron chi connectivity index (χ3n) is 4.70. The van der Waals surface area contributed by atoms with Gasteiger partial charge in [-0.25, -0.2) is 0 Å². The first-order chi connectivity index (χ1) is 10.2. The smallest absolute Gasteiger partial charge is 0.118 e. The predicted molar refractivity (Wildman–Crippen MR) is 83.2 cm³/mol. The summed E-state index contributed by atoms with van der Waals surface area (Å²) in [5.74, 6) is 2.03. The Hall–Kier alpha value is -0.840. The molecule has 1 aromatic rings. The number of furan rings is 1. The lowest BCUT2D eigenvalue weighted by Crippen LogP contribution is -2.39. The van der Waals surface area contributed by atoms with Gasteiger partial charge in [0.25, 0.3) is 0 Å². The molecule has 0 aromatic carbocycles. The van der Waals surface area contributed by atoms with Crippen LogP contribution >= 0.6 is 0 Å². The van der Waals surface area contributed by atoms with Crippen LogP contribution in [0, 0.1) is 6.92 Å². The highest BCUT2D eigenvalue weighted by atomic mass is 16.5. The van der Waals surface area contributed by atoms with Gasteiger partial charge in [0.1, 0.15) is 11.5 Å². The highest BCUT2D eigenvalue weighted by Crippen LogP contribution is 2.21. The van der Waals surface area contributed by atoms with Crippen LogP contribution in [0.2, 0.25) is 0 Å². The van der Waals surface area contributed by atoms with E-state index >= 15 is 0 Å². The van der Waals surface area contributed by atoms with E-state index in [4.69, 9.17) is 9.15 Å². The van der Waals surface area contributed by atoms with Crippen molar-refractivity contribution in [1.82, 2.24) is 10.2 Å². The highest BCUT2D eigenvalue weighted by Gasteiger charge is 2.21. The average Bonchev–Trinajstić information content (AvgIpc) is 3.23. The minimum Gasteiger partial charge on any atom is -0.465 e. The fourth-order valence-corrected chi connectivity index (χ4v) is 3.01. The Morgan fingerprint density at radius 2 is 2.19 bits per heavy atom. The monoisotopic (exact) mass is 292 g/mol. The van der Waals surface area contributed by atoms with Gasteiger partial charge >= 0.3 is 0 Å². The van der Waals surface area contributed by atoms with Crippen molar-refractivity contribution in [2.24, 2.45) is 0 Å². The van der Waals surface area contributed by atoms with Crippen LogP contribution in [-0.2, 0) is 17.9 Å². The second-order valence-corrected chi connectivity index (χ2v) is 6.59. The van der Waals surface area contributed by atoms with Gasteiger partial charge < -0.3 is 19.4 Å². The SMILES string of the molecule is Cc1oc(CNC2CC2)cc1COCC1CCCCN1C. The van der Waals surface area contributed by atoms with Gasteiger partial charge in [0.2, 0.25) is 0 Å². The fraction of sp³-hybridized carbons (Fsp3) is 0.765. The Labute approximate surface area is 127 Å². The summed E-state index contributed by atoms with van der Waals surface area (Å²) in [6.07, 6.45) is 6.54. The van der Waals surface area contributed by atoms with Crippen LogP contribution in [-0.4, -0.2) is 37.2 Å². The van der Waals surface area contributed by atoms with Crippen molar-refractivity contribution in [2.45, 2.75) is 64.3 Å². The molecule has 0 bridgehead atoms. The van der Waals surface area contributed by atoms with Gasteiger partial charge in [0.15, 0.2) is 0 Å². The largest absolute Gasteiger partial charge is 0.465 e. The number of ether oxygens (including phenoxy) is 1. The number of nitrogens with zero attached hydrogens (tertiary/aromatic N) is 1. The fourth-order valence-electron chi connectivity index (χ4n) is 3.01. The number of likely N-dealkylation sites (tertiary alicyclic amines) is 1. The van der Waals surface area contributed by atoms with Gasteiger partial charge in [0.05, 0.1) is 19.8 Å². The van der Waals surface area contributed by atoms with E-state index in [1.807, 2.05) is 6.92 Å². The van der Waals surface area contributed by atoms with Crippen LogP contribution in [0.4, 0.5) is 0 Å². The van der Waals surface area contributed by atoms with Gasteiger partial charge in [-0.1, -0.05) is 6.42 Å². The van der Waals surface area contributed by atoms with Crippen molar-refractivity contribution in [3.63, 3.8) is 0 Å². The molecule has 118 valence electrons. The molecule has 1 aliphatic carbocycles. The summed E-state index contributed by atoms with van der Waals surface area (Å²) < 4.78 is 11.7. The molecule has 4 heteroatoms. The van der Waals surface area contributed by atoms with E-state index in [2.05, 4.69) is 23.3 Å². The third-order valence-corrected chi connectivity index (χ3v) is 4.70. The molecule has 2 fully saturated rings. The minimum absolute atomic E-state index is 0.585. The zero-order valence-corrected chi connectivity index (χ0v) is 13.4.